The first-order valence-corrected chi connectivity index (χ1v) is 8.41. The van der Waals surface area contributed by atoms with E-state index in [-0.39, 0.29) is 23.9 Å². The number of aromatic amines is 1. The molecule has 2 amide bonds. The van der Waals surface area contributed by atoms with Gasteiger partial charge in [-0.15, -0.1) is 0 Å². The van der Waals surface area contributed by atoms with Gasteiger partial charge in [-0.3, -0.25) is 24.8 Å². The second-order valence-electron chi connectivity index (χ2n) is 5.78. The topological polar surface area (TPSA) is 139 Å². The van der Waals surface area contributed by atoms with Crippen LogP contribution in [0.15, 0.2) is 42.5 Å². The van der Waals surface area contributed by atoms with Crippen LogP contribution in [0.1, 0.15) is 17.4 Å². The first-order valence-electron chi connectivity index (χ1n) is 8.41. The predicted molar refractivity (Wildman–Crippen MR) is 101 cm³/mol. The molecule has 0 fully saturated rings. The second-order valence-corrected chi connectivity index (χ2v) is 5.78. The van der Waals surface area contributed by atoms with Crippen LogP contribution in [0.2, 0.25) is 0 Å². The largest absolute Gasteiger partial charge is 0.484 e. The summed E-state index contributed by atoms with van der Waals surface area (Å²) in [4.78, 5) is 34.3. The standard InChI is InChI=1S/C18H17N5O5/c1-2-19-16(24)10-28-13-6-3-11(4-7-13)20-18(25)17-14-9-12(23(26)27)5-8-15(14)21-22-17/h3-9H,2,10H2,1H3,(H,19,24)(H,20,25)(H,21,22). The van der Waals surface area contributed by atoms with Crippen LogP contribution < -0.4 is 15.4 Å². The lowest BCUT2D eigenvalue weighted by atomic mass is 10.2. The number of nitrogens with one attached hydrogen (secondary N) is 3. The number of hydrogen-bond acceptors (Lipinski definition) is 6. The third-order valence-electron chi connectivity index (χ3n) is 3.83. The van der Waals surface area contributed by atoms with Gasteiger partial charge in [0.15, 0.2) is 12.3 Å². The van der Waals surface area contributed by atoms with E-state index in [1.165, 1.54) is 18.2 Å². The number of H-pyrrole nitrogens is 1. The maximum atomic E-state index is 12.5. The maximum Gasteiger partial charge on any atom is 0.276 e. The van der Waals surface area contributed by atoms with Gasteiger partial charge in [0.05, 0.1) is 10.4 Å². The summed E-state index contributed by atoms with van der Waals surface area (Å²) in [5, 5.41) is 23.2. The number of nitro groups is 1. The van der Waals surface area contributed by atoms with E-state index < -0.39 is 10.8 Å². The van der Waals surface area contributed by atoms with Gasteiger partial charge in [-0.1, -0.05) is 0 Å². The molecular weight excluding hydrogens is 366 g/mol. The van der Waals surface area contributed by atoms with E-state index >= 15 is 0 Å². The maximum absolute atomic E-state index is 12.5. The molecule has 0 aliphatic heterocycles. The van der Waals surface area contributed by atoms with Gasteiger partial charge in [-0.05, 0) is 37.3 Å². The van der Waals surface area contributed by atoms with Crippen molar-refractivity contribution < 1.29 is 19.2 Å². The molecule has 0 saturated carbocycles. The van der Waals surface area contributed by atoms with Crippen molar-refractivity contribution in [3.8, 4) is 5.75 Å². The number of amides is 2. The summed E-state index contributed by atoms with van der Waals surface area (Å²) < 4.78 is 5.34. The summed E-state index contributed by atoms with van der Waals surface area (Å²) in [6, 6.07) is 10.6. The van der Waals surface area contributed by atoms with Crippen LogP contribution in [0, 0.1) is 10.1 Å². The van der Waals surface area contributed by atoms with E-state index in [1.807, 2.05) is 6.92 Å². The molecule has 0 aliphatic rings. The molecule has 0 spiro atoms. The van der Waals surface area contributed by atoms with Gasteiger partial charge in [0, 0.05) is 29.8 Å². The lowest BCUT2D eigenvalue weighted by Gasteiger charge is -2.08. The zero-order valence-electron chi connectivity index (χ0n) is 14.9. The molecule has 0 saturated heterocycles. The molecule has 1 aromatic heterocycles. The average molecular weight is 383 g/mol. The van der Waals surface area contributed by atoms with Crippen molar-refractivity contribution in [2.24, 2.45) is 0 Å². The molecule has 144 valence electrons. The molecule has 3 rings (SSSR count). The smallest absolute Gasteiger partial charge is 0.276 e. The molecule has 10 heteroatoms. The second kappa shape index (κ2) is 8.16. The summed E-state index contributed by atoms with van der Waals surface area (Å²) in [5.41, 5.74) is 0.925. The third-order valence-corrected chi connectivity index (χ3v) is 3.83. The highest BCUT2D eigenvalue weighted by Gasteiger charge is 2.17. The first kappa shape index (κ1) is 18.8. The Kier molecular flexibility index (Phi) is 5.49. The Morgan fingerprint density at radius 3 is 2.64 bits per heavy atom. The van der Waals surface area contributed by atoms with Gasteiger partial charge in [0.25, 0.3) is 17.5 Å². The van der Waals surface area contributed by atoms with Crippen LogP contribution in [-0.4, -0.2) is 40.1 Å². The van der Waals surface area contributed by atoms with E-state index in [0.29, 0.717) is 28.9 Å². The Balaban J connectivity index is 1.69. The van der Waals surface area contributed by atoms with Crippen LogP contribution in [0.5, 0.6) is 5.75 Å². The van der Waals surface area contributed by atoms with Gasteiger partial charge in [-0.2, -0.15) is 5.10 Å². The van der Waals surface area contributed by atoms with E-state index in [4.69, 9.17) is 4.74 Å². The number of non-ortho nitro benzene ring substituents is 1. The van der Waals surface area contributed by atoms with E-state index in [1.54, 1.807) is 24.3 Å². The molecule has 0 radical (unpaired) electrons. The number of nitrogens with zero attached hydrogens (tertiary/aromatic N) is 2. The number of anilines is 1. The molecule has 0 unspecified atom stereocenters. The summed E-state index contributed by atoms with van der Waals surface area (Å²) in [6.07, 6.45) is 0. The van der Waals surface area contributed by atoms with E-state index in [2.05, 4.69) is 20.8 Å². The van der Waals surface area contributed by atoms with Crippen molar-refractivity contribution in [1.29, 1.82) is 0 Å². The molecule has 3 aromatic rings. The number of benzene rings is 2. The molecule has 0 bridgehead atoms. The van der Waals surface area contributed by atoms with Crippen molar-refractivity contribution in [2.75, 3.05) is 18.5 Å². The number of fused-ring (bicyclic) bond motifs is 1. The first-order chi connectivity index (χ1) is 13.5. The molecule has 3 N–H and O–H groups in total. The highest BCUT2D eigenvalue weighted by molar-refractivity contribution is 6.11. The van der Waals surface area contributed by atoms with Crippen LogP contribution in [0.3, 0.4) is 0 Å². The third kappa shape index (κ3) is 4.23. The Hall–Kier alpha value is -3.95. The molecule has 0 atom stereocenters. The number of carbonyl (C=O) groups is 2. The molecule has 10 nitrogen and oxygen atoms in total. The van der Waals surface area contributed by atoms with Crippen molar-refractivity contribution in [1.82, 2.24) is 15.5 Å². The molecule has 2 aromatic carbocycles. The Morgan fingerprint density at radius 2 is 1.96 bits per heavy atom. The summed E-state index contributed by atoms with van der Waals surface area (Å²) in [5.74, 6) is -0.257. The van der Waals surface area contributed by atoms with Gasteiger partial charge in [0.1, 0.15) is 5.75 Å². The van der Waals surface area contributed by atoms with Crippen LogP contribution in [-0.2, 0) is 4.79 Å². The van der Waals surface area contributed by atoms with Gasteiger partial charge in [-0.25, -0.2) is 0 Å². The highest BCUT2D eigenvalue weighted by atomic mass is 16.6. The summed E-state index contributed by atoms with van der Waals surface area (Å²) in [7, 11) is 0. The fourth-order valence-electron chi connectivity index (χ4n) is 2.51. The summed E-state index contributed by atoms with van der Waals surface area (Å²) in [6.45, 7) is 2.24. The molecule has 0 aliphatic carbocycles. The van der Waals surface area contributed by atoms with Crippen molar-refractivity contribution in [3.63, 3.8) is 0 Å². The zero-order valence-corrected chi connectivity index (χ0v) is 14.9. The number of hydrogen-bond donors (Lipinski definition) is 3. The average Bonchev–Trinajstić information content (AvgIpc) is 3.11. The molecule has 1 heterocycles. The minimum atomic E-state index is -0.534. The zero-order chi connectivity index (χ0) is 20.1. The number of ether oxygens (including phenoxy) is 1. The van der Waals surface area contributed by atoms with Gasteiger partial charge >= 0.3 is 0 Å². The SMILES string of the molecule is CCNC(=O)COc1ccc(NC(=O)c2n[nH]c3ccc([N+](=O)[O-])cc23)cc1. The Bertz CT molecular complexity index is 1030. The monoisotopic (exact) mass is 383 g/mol. The fraction of sp³-hybridized carbons (Fsp3) is 0.167. The Labute approximate surface area is 159 Å². The Morgan fingerprint density at radius 1 is 1.21 bits per heavy atom. The lowest BCUT2D eigenvalue weighted by molar-refractivity contribution is -0.384. The van der Waals surface area contributed by atoms with Crippen molar-refractivity contribution >= 4 is 34.1 Å². The number of aromatic nitrogens is 2. The summed E-state index contributed by atoms with van der Waals surface area (Å²) >= 11 is 0. The minimum Gasteiger partial charge on any atom is -0.484 e. The predicted octanol–water partition coefficient (Wildman–Crippen LogP) is 2.24. The van der Waals surface area contributed by atoms with Gasteiger partial charge in [0.2, 0.25) is 0 Å². The fourth-order valence-corrected chi connectivity index (χ4v) is 2.51. The highest BCUT2D eigenvalue weighted by Crippen LogP contribution is 2.23. The van der Waals surface area contributed by atoms with Crippen LogP contribution in [0.25, 0.3) is 10.9 Å². The molecular formula is C18H17N5O5. The van der Waals surface area contributed by atoms with E-state index in [0.717, 1.165) is 0 Å². The van der Waals surface area contributed by atoms with Crippen LogP contribution >= 0.6 is 0 Å². The van der Waals surface area contributed by atoms with Gasteiger partial charge < -0.3 is 15.4 Å². The lowest BCUT2D eigenvalue weighted by Crippen LogP contribution is -2.28. The van der Waals surface area contributed by atoms with Crippen molar-refractivity contribution in [2.45, 2.75) is 6.92 Å². The number of likely N-dealkylation sites (N-methyl/N-ethyl adjacent to an activating group) is 1. The van der Waals surface area contributed by atoms with Crippen molar-refractivity contribution in [3.05, 3.63) is 58.3 Å². The number of nitro benzene ring substituents is 1. The number of rotatable bonds is 7. The normalized spacial score (nSPS) is 10.5. The minimum absolute atomic E-state index is 0.0512. The van der Waals surface area contributed by atoms with E-state index in [9.17, 15) is 19.7 Å². The molecule has 28 heavy (non-hydrogen) atoms. The van der Waals surface area contributed by atoms with Crippen LogP contribution in [0.4, 0.5) is 11.4 Å². The number of carbonyl (C=O) groups excluding carboxylic acids is 2. The quantitative estimate of drug-likeness (QED) is 0.422.